The maximum Gasteiger partial charge on any atom is 0.0196 e. The van der Waals surface area contributed by atoms with Gasteiger partial charge in [0, 0.05) is 32.5 Å². The Morgan fingerprint density at radius 1 is 0.596 bits per heavy atom. The van der Waals surface area contributed by atoms with Crippen molar-refractivity contribution in [1.29, 1.82) is 0 Å². The second-order valence-corrected chi connectivity index (χ2v) is 16.5. The average Bonchev–Trinajstić information content (AvgIpc) is 3.22. The number of nitrogens with zero attached hydrogens (tertiary/aromatic N) is 2. The van der Waals surface area contributed by atoms with Crippen LogP contribution in [0.4, 0.5) is 0 Å². The molecule has 0 spiro atoms. The molecule has 3 heteroatoms. The molecule has 2 heterocycles. The largest absolute Gasteiger partial charge is 0.305 e. The van der Waals surface area contributed by atoms with Crippen LogP contribution in [0.3, 0.4) is 0 Å². The van der Waals surface area contributed by atoms with E-state index in [1.807, 2.05) is 24.4 Å². The maximum atomic E-state index is 5.00. The molecule has 2 nitrogen and oxygen atoms in total. The summed E-state index contributed by atoms with van der Waals surface area (Å²) in [6, 6.07) is 46.8. The quantitative estimate of drug-likeness (QED) is 0.135. The summed E-state index contributed by atoms with van der Waals surface area (Å²) in [4.78, 5) is 9.48. The van der Waals surface area contributed by atoms with Gasteiger partial charge in [0.1, 0.15) is 0 Å². The van der Waals surface area contributed by atoms with Crippen LogP contribution in [-0.4, -0.2) is 9.97 Å². The Balaban J connectivity index is 0.00000496. The molecule has 1 saturated carbocycles. The normalized spacial score (nSPS) is 13.6. The van der Waals surface area contributed by atoms with Gasteiger partial charge in [0.05, 0.1) is 0 Å². The first-order valence-electron chi connectivity index (χ1n) is 20.4. The van der Waals surface area contributed by atoms with E-state index < -0.39 is 0 Å². The van der Waals surface area contributed by atoms with Crippen LogP contribution < -0.4 is 0 Å². The summed E-state index contributed by atoms with van der Waals surface area (Å²) in [7, 11) is 0. The van der Waals surface area contributed by atoms with Crippen molar-refractivity contribution in [2.75, 3.05) is 0 Å². The van der Waals surface area contributed by atoms with E-state index in [1.165, 1.54) is 104 Å². The van der Waals surface area contributed by atoms with Crippen LogP contribution in [0.25, 0.3) is 55.9 Å². The molecule has 0 aliphatic heterocycles. The van der Waals surface area contributed by atoms with Gasteiger partial charge in [0.15, 0.2) is 0 Å². The first kappa shape index (κ1) is 40.3. The zero-order valence-electron chi connectivity index (χ0n) is 34.2. The molecule has 8 rings (SSSR count). The molecule has 57 heavy (non-hydrogen) atoms. The van der Waals surface area contributed by atoms with Crippen LogP contribution in [0, 0.1) is 46.8 Å². The van der Waals surface area contributed by atoms with Gasteiger partial charge in [0.25, 0.3) is 0 Å². The number of hydrogen-bond acceptors (Lipinski definition) is 2. The predicted octanol–water partition coefficient (Wildman–Crippen LogP) is 14.0. The number of hydrogen-bond donors (Lipinski definition) is 0. The maximum absolute atomic E-state index is 5.00. The summed E-state index contributed by atoms with van der Waals surface area (Å²) in [6.45, 7) is 13.7. The third kappa shape index (κ3) is 8.52. The van der Waals surface area contributed by atoms with Gasteiger partial charge in [-0.1, -0.05) is 122 Å². The van der Waals surface area contributed by atoms with E-state index >= 15 is 0 Å². The van der Waals surface area contributed by atoms with Gasteiger partial charge in [-0.05, 0) is 127 Å². The van der Waals surface area contributed by atoms with Crippen molar-refractivity contribution in [3.8, 4) is 55.9 Å². The van der Waals surface area contributed by atoms with Gasteiger partial charge in [-0.15, -0.1) is 65.2 Å². The molecule has 1 radical (unpaired) electrons. The monoisotopic (exact) mass is 921 g/mol. The van der Waals surface area contributed by atoms with Gasteiger partial charge in [-0.3, -0.25) is 0 Å². The van der Waals surface area contributed by atoms with Crippen LogP contribution in [0.15, 0.2) is 122 Å². The van der Waals surface area contributed by atoms with E-state index in [0.29, 0.717) is 0 Å². The molecule has 0 saturated heterocycles. The molecule has 1 aliphatic carbocycles. The van der Waals surface area contributed by atoms with Crippen LogP contribution >= 0.6 is 0 Å². The van der Waals surface area contributed by atoms with Gasteiger partial charge >= 0.3 is 0 Å². The summed E-state index contributed by atoms with van der Waals surface area (Å²) in [6.07, 6.45) is 12.4. The minimum atomic E-state index is 0. The fourth-order valence-corrected chi connectivity index (χ4v) is 9.19. The zero-order valence-corrected chi connectivity index (χ0v) is 36.6. The second-order valence-electron chi connectivity index (χ2n) is 16.5. The van der Waals surface area contributed by atoms with Crippen molar-refractivity contribution in [2.24, 2.45) is 0 Å². The summed E-state index contributed by atoms with van der Waals surface area (Å²) in [5.74, 6) is 0. The summed E-state index contributed by atoms with van der Waals surface area (Å²) < 4.78 is 0. The Morgan fingerprint density at radius 2 is 1.28 bits per heavy atom. The third-order valence-corrected chi connectivity index (χ3v) is 12.2. The second kappa shape index (κ2) is 17.3. The fourth-order valence-electron chi connectivity index (χ4n) is 9.19. The smallest absolute Gasteiger partial charge is 0.0196 e. The van der Waals surface area contributed by atoms with Crippen molar-refractivity contribution in [3.05, 3.63) is 178 Å². The Labute approximate surface area is 354 Å². The summed E-state index contributed by atoms with van der Waals surface area (Å²) >= 11 is 0. The van der Waals surface area contributed by atoms with Crippen molar-refractivity contribution in [2.45, 2.75) is 91.9 Å². The molecule has 2 aromatic heterocycles. The molecule has 5 aromatic carbocycles. The van der Waals surface area contributed by atoms with E-state index in [0.717, 1.165) is 40.9 Å². The Bertz CT molecular complexity index is 2470. The van der Waals surface area contributed by atoms with E-state index in [9.17, 15) is 0 Å². The molecule has 289 valence electrons. The molecule has 7 aromatic rings. The van der Waals surface area contributed by atoms with Crippen molar-refractivity contribution < 1.29 is 20.1 Å². The molecule has 1 aliphatic rings. The summed E-state index contributed by atoms with van der Waals surface area (Å²) in [5.41, 5.74) is 22.3. The molecule has 0 amide bonds. The van der Waals surface area contributed by atoms with Crippen molar-refractivity contribution in [3.63, 3.8) is 0 Å². The number of aryl methyl sites for hydroxylation is 6. The Hall–Kier alpha value is -4.95. The molecule has 1 fully saturated rings. The topological polar surface area (TPSA) is 25.8 Å². The van der Waals surface area contributed by atoms with Crippen LogP contribution in [0.2, 0.25) is 0 Å². The standard InChI is InChI=1S/C54H52N2.Ir/c1-36-30-42(18-17-41-19-21-44(22-20-41)50-16-10-13-29-55-50)34-46(31-36)49-15-9-8-14-48(49)43-23-25-45(26-24-43)53-40(5)52(39(4)35-56-53)51-37(2)32-47(33-38(51)3)54(6)27-11-7-12-28-54;/h8-10,13-16,19-21,23-25,29-35H,7,11-12,17-18,27-28H2,1-6H3;/q-2;. The molecular formula is C54H52IrN2-2. The van der Waals surface area contributed by atoms with Gasteiger partial charge in [0.2, 0.25) is 0 Å². The average molecular weight is 921 g/mol. The number of pyridine rings is 2. The van der Waals surface area contributed by atoms with Crippen molar-refractivity contribution in [1.82, 2.24) is 9.97 Å². The molecule has 0 bridgehead atoms. The van der Waals surface area contributed by atoms with E-state index in [1.54, 1.807) is 0 Å². The molecule has 0 atom stereocenters. The first-order valence-corrected chi connectivity index (χ1v) is 20.4. The van der Waals surface area contributed by atoms with E-state index in [2.05, 4.69) is 156 Å². The number of aromatic nitrogens is 2. The van der Waals surface area contributed by atoms with Gasteiger partial charge in [-0.2, -0.15) is 0 Å². The van der Waals surface area contributed by atoms with Crippen LogP contribution in [0.1, 0.15) is 83.5 Å². The minimum Gasteiger partial charge on any atom is -0.305 e. The predicted molar refractivity (Wildman–Crippen MR) is 235 cm³/mol. The Kier molecular flexibility index (Phi) is 12.2. The molecular weight excluding hydrogens is 869 g/mol. The zero-order chi connectivity index (χ0) is 38.8. The van der Waals surface area contributed by atoms with Crippen LogP contribution in [-0.2, 0) is 38.4 Å². The molecule has 0 unspecified atom stereocenters. The fraction of sp³-hybridized carbons (Fsp3) is 0.259. The first-order chi connectivity index (χ1) is 27.2. The Morgan fingerprint density at radius 3 is 1.95 bits per heavy atom. The number of rotatable bonds is 9. The number of benzene rings is 5. The van der Waals surface area contributed by atoms with E-state index in [4.69, 9.17) is 4.98 Å². The van der Waals surface area contributed by atoms with Crippen molar-refractivity contribution >= 4 is 0 Å². The molecule has 0 N–H and O–H groups in total. The van der Waals surface area contributed by atoms with Crippen LogP contribution in [0.5, 0.6) is 0 Å². The minimum absolute atomic E-state index is 0. The third-order valence-electron chi connectivity index (χ3n) is 12.2. The van der Waals surface area contributed by atoms with E-state index in [-0.39, 0.29) is 25.5 Å². The van der Waals surface area contributed by atoms with Gasteiger partial charge < -0.3 is 9.97 Å². The summed E-state index contributed by atoms with van der Waals surface area (Å²) in [5, 5.41) is 0. The SMILES string of the molecule is Cc1cc(CCc2c[c-]c(-c3ccccn3)cc2)cc(-c2ccccc2-c2c[c-]c(-c3ncc(C)c(-c4c(C)cc(C5(C)CCCCC5)cc4C)c3C)cc2)c1.[Ir]. The van der Waals surface area contributed by atoms with Gasteiger partial charge in [-0.25, -0.2) is 0 Å².